The predicted molar refractivity (Wildman–Crippen MR) is 144 cm³/mol. The van der Waals surface area contributed by atoms with Crippen LogP contribution in [0.15, 0.2) is 71.6 Å². The van der Waals surface area contributed by atoms with Crippen LogP contribution in [0.25, 0.3) is 22.5 Å². The molecule has 11 nitrogen and oxygen atoms in total. The first-order chi connectivity index (χ1) is 18.7. The summed E-state index contributed by atoms with van der Waals surface area (Å²) in [6, 6.07) is 20.2. The monoisotopic (exact) mass is 548 g/mol. The van der Waals surface area contributed by atoms with Gasteiger partial charge in [0.1, 0.15) is 5.75 Å². The van der Waals surface area contributed by atoms with E-state index in [1.165, 1.54) is 11.0 Å². The van der Waals surface area contributed by atoms with Crippen LogP contribution in [0.1, 0.15) is 29.9 Å². The van der Waals surface area contributed by atoms with Crippen LogP contribution >= 0.6 is 0 Å². The Morgan fingerprint density at radius 3 is 2.36 bits per heavy atom. The first-order valence-electron chi connectivity index (χ1n) is 12.4. The zero-order valence-electron chi connectivity index (χ0n) is 21.3. The molecule has 3 aromatic carbocycles. The minimum atomic E-state index is -4.10. The number of aromatic nitrogens is 4. The SMILES string of the molecule is COc1ccc(Cn2nnnc2-c2c(-c3ccc(C4CCN(C(=O)O)CC4)cc3)cccc2S(N)(=O)=O)cc1. The largest absolute Gasteiger partial charge is 0.497 e. The fraction of sp³-hybridized carbons (Fsp3) is 0.259. The van der Waals surface area contributed by atoms with Crippen LogP contribution in [0.4, 0.5) is 4.79 Å². The number of piperidine rings is 1. The van der Waals surface area contributed by atoms with Crippen LogP contribution in [0.3, 0.4) is 0 Å². The molecule has 3 N–H and O–H groups in total. The third-order valence-corrected chi connectivity index (χ3v) is 7.99. The number of amides is 1. The predicted octanol–water partition coefficient (Wildman–Crippen LogP) is 3.57. The van der Waals surface area contributed by atoms with Crippen molar-refractivity contribution in [1.29, 1.82) is 0 Å². The second-order valence-electron chi connectivity index (χ2n) is 9.40. The van der Waals surface area contributed by atoms with Crippen molar-refractivity contribution in [3.8, 4) is 28.3 Å². The van der Waals surface area contributed by atoms with Crippen molar-refractivity contribution >= 4 is 16.1 Å². The summed E-state index contributed by atoms with van der Waals surface area (Å²) in [6.07, 6.45) is 0.607. The molecule has 4 aromatic rings. The van der Waals surface area contributed by atoms with E-state index in [-0.39, 0.29) is 16.6 Å². The van der Waals surface area contributed by atoms with Crippen molar-refractivity contribution in [1.82, 2.24) is 25.1 Å². The number of hydrogen-bond acceptors (Lipinski definition) is 7. The number of carboxylic acid groups (broad SMARTS) is 1. The minimum Gasteiger partial charge on any atom is -0.497 e. The number of tetrazole rings is 1. The van der Waals surface area contributed by atoms with Gasteiger partial charge in [-0.3, -0.25) is 0 Å². The maximum atomic E-state index is 12.6. The molecule has 1 aliphatic heterocycles. The molecule has 1 fully saturated rings. The first-order valence-corrected chi connectivity index (χ1v) is 13.9. The quantitative estimate of drug-likeness (QED) is 0.355. The fourth-order valence-corrected chi connectivity index (χ4v) is 5.73. The van der Waals surface area contributed by atoms with Crippen molar-refractivity contribution < 1.29 is 23.1 Å². The molecule has 0 bridgehead atoms. The van der Waals surface area contributed by atoms with Gasteiger partial charge in [-0.05, 0) is 69.6 Å². The minimum absolute atomic E-state index is 0.0732. The van der Waals surface area contributed by atoms with Gasteiger partial charge in [0, 0.05) is 18.7 Å². The Bertz CT molecular complexity index is 1580. The normalized spacial score (nSPS) is 14.4. The molecular formula is C27H28N6O5S. The van der Waals surface area contributed by atoms with Gasteiger partial charge in [-0.25, -0.2) is 23.0 Å². The summed E-state index contributed by atoms with van der Waals surface area (Å²) in [7, 11) is -2.51. The zero-order chi connectivity index (χ0) is 27.6. The number of methoxy groups -OCH3 is 1. The Balaban J connectivity index is 1.51. The molecule has 5 rings (SSSR count). The van der Waals surface area contributed by atoms with Crippen molar-refractivity contribution in [2.45, 2.75) is 30.2 Å². The average molecular weight is 549 g/mol. The molecule has 0 spiro atoms. The molecule has 1 saturated heterocycles. The summed E-state index contributed by atoms with van der Waals surface area (Å²) < 4.78 is 32.1. The van der Waals surface area contributed by atoms with Crippen LogP contribution in [0.2, 0.25) is 0 Å². The highest BCUT2D eigenvalue weighted by molar-refractivity contribution is 7.89. The summed E-state index contributed by atoms with van der Waals surface area (Å²) in [5, 5.41) is 27.0. The summed E-state index contributed by atoms with van der Waals surface area (Å²) in [5.74, 6) is 1.24. The summed E-state index contributed by atoms with van der Waals surface area (Å²) in [5.41, 5.74) is 3.73. The Hall–Kier alpha value is -4.29. The van der Waals surface area contributed by atoms with E-state index in [9.17, 15) is 18.3 Å². The van der Waals surface area contributed by atoms with E-state index in [1.807, 2.05) is 54.6 Å². The highest BCUT2D eigenvalue weighted by atomic mass is 32.2. The second kappa shape index (κ2) is 10.8. The lowest BCUT2D eigenvalue weighted by molar-refractivity contribution is 0.132. The number of nitrogens with zero attached hydrogens (tertiary/aromatic N) is 5. The summed E-state index contributed by atoms with van der Waals surface area (Å²) in [6.45, 7) is 1.30. The van der Waals surface area contributed by atoms with Crippen molar-refractivity contribution in [3.63, 3.8) is 0 Å². The number of likely N-dealkylation sites (tertiary alicyclic amines) is 1. The van der Waals surface area contributed by atoms with Gasteiger partial charge >= 0.3 is 6.09 Å². The number of sulfonamides is 1. The maximum Gasteiger partial charge on any atom is 0.407 e. The van der Waals surface area contributed by atoms with Gasteiger partial charge in [0.15, 0.2) is 5.82 Å². The third kappa shape index (κ3) is 5.61. The van der Waals surface area contributed by atoms with E-state index in [0.29, 0.717) is 36.5 Å². The number of hydrogen-bond donors (Lipinski definition) is 2. The standard InChI is InChI=1S/C27H28N6O5S/c1-38-22-11-5-18(6-12-22)17-33-26(29-30-31-33)25-23(3-2-4-24(25)39(28,36)37)21-9-7-19(8-10-21)20-13-15-32(16-14-20)27(34)35/h2-12,20H,13-17H2,1H3,(H,34,35)(H2,28,36,37). The van der Waals surface area contributed by atoms with Gasteiger partial charge in [-0.15, -0.1) is 5.10 Å². The van der Waals surface area contributed by atoms with Crippen LogP contribution in [-0.4, -0.2) is 64.9 Å². The number of nitrogens with two attached hydrogens (primary N) is 1. The molecule has 0 unspecified atom stereocenters. The molecule has 202 valence electrons. The molecule has 1 aliphatic rings. The fourth-order valence-electron chi connectivity index (χ4n) is 4.97. The molecule has 1 amide bonds. The lowest BCUT2D eigenvalue weighted by atomic mass is 9.88. The van der Waals surface area contributed by atoms with Crippen molar-refractivity contribution in [2.75, 3.05) is 20.2 Å². The Morgan fingerprint density at radius 1 is 1.05 bits per heavy atom. The molecule has 39 heavy (non-hydrogen) atoms. The molecule has 0 saturated carbocycles. The Morgan fingerprint density at radius 2 is 1.74 bits per heavy atom. The lowest BCUT2D eigenvalue weighted by Crippen LogP contribution is -2.36. The van der Waals surface area contributed by atoms with Crippen LogP contribution < -0.4 is 9.88 Å². The average Bonchev–Trinajstić information content (AvgIpc) is 3.40. The van der Waals surface area contributed by atoms with E-state index < -0.39 is 16.1 Å². The van der Waals surface area contributed by atoms with Crippen molar-refractivity contribution in [2.24, 2.45) is 5.14 Å². The molecule has 12 heteroatoms. The number of rotatable bonds is 7. The van der Waals surface area contributed by atoms with Crippen LogP contribution in [0.5, 0.6) is 5.75 Å². The van der Waals surface area contributed by atoms with Crippen LogP contribution in [0, 0.1) is 0 Å². The third-order valence-electron chi connectivity index (χ3n) is 7.04. The van der Waals surface area contributed by atoms with Gasteiger partial charge in [0.2, 0.25) is 10.0 Å². The highest BCUT2D eigenvalue weighted by Gasteiger charge is 2.26. The van der Waals surface area contributed by atoms with Gasteiger partial charge in [-0.2, -0.15) is 0 Å². The van der Waals surface area contributed by atoms with E-state index in [2.05, 4.69) is 15.5 Å². The van der Waals surface area contributed by atoms with Crippen molar-refractivity contribution in [3.05, 3.63) is 77.9 Å². The first kappa shape index (κ1) is 26.3. The van der Waals surface area contributed by atoms with Gasteiger partial charge in [-0.1, -0.05) is 48.5 Å². The van der Waals surface area contributed by atoms with E-state index in [4.69, 9.17) is 9.88 Å². The van der Waals surface area contributed by atoms with E-state index in [0.717, 1.165) is 29.5 Å². The molecule has 0 atom stereocenters. The van der Waals surface area contributed by atoms with Gasteiger partial charge < -0.3 is 14.7 Å². The summed E-state index contributed by atoms with van der Waals surface area (Å²) in [4.78, 5) is 12.6. The molecule has 0 aliphatic carbocycles. The lowest BCUT2D eigenvalue weighted by Gasteiger charge is -2.30. The number of primary sulfonamides is 1. The second-order valence-corrected chi connectivity index (χ2v) is 10.9. The number of benzene rings is 3. The Labute approximate surface area is 225 Å². The molecule has 0 radical (unpaired) electrons. The molecular weight excluding hydrogens is 520 g/mol. The number of ether oxygens (including phenoxy) is 1. The number of carbonyl (C=O) groups is 1. The van der Waals surface area contributed by atoms with Crippen LogP contribution in [-0.2, 0) is 16.6 Å². The molecule has 1 aromatic heterocycles. The van der Waals surface area contributed by atoms with Gasteiger partial charge in [0.05, 0.1) is 18.6 Å². The van der Waals surface area contributed by atoms with E-state index in [1.54, 1.807) is 17.9 Å². The summed E-state index contributed by atoms with van der Waals surface area (Å²) >= 11 is 0. The smallest absolute Gasteiger partial charge is 0.407 e. The van der Waals surface area contributed by atoms with Gasteiger partial charge in [0.25, 0.3) is 0 Å². The molecule has 2 heterocycles. The Kier molecular flexibility index (Phi) is 7.31. The topological polar surface area (TPSA) is 154 Å². The highest BCUT2D eigenvalue weighted by Crippen LogP contribution is 2.37. The zero-order valence-corrected chi connectivity index (χ0v) is 22.1. The van der Waals surface area contributed by atoms with E-state index >= 15 is 0 Å². The maximum absolute atomic E-state index is 12.6.